The quantitative estimate of drug-likeness (QED) is 0.923. The standard InChI is InChI=1S/C20H21NO3/c1-13(22)14-10-11-21(12-14)20(23)19-15-6-2-4-8-17(15)24-18-9-5-3-7-16(18)19/h2-9,13-14,19,22H,10-12H2,1H3. The van der Waals surface area contributed by atoms with E-state index in [1.807, 2.05) is 53.4 Å². The number of likely N-dealkylation sites (tertiary alicyclic amines) is 1. The Bertz CT molecular complexity index is 725. The van der Waals surface area contributed by atoms with Gasteiger partial charge in [0, 0.05) is 30.1 Å². The minimum Gasteiger partial charge on any atom is -0.457 e. The van der Waals surface area contributed by atoms with Gasteiger partial charge in [0.15, 0.2) is 0 Å². The lowest BCUT2D eigenvalue weighted by molar-refractivity contribution is -0.131. The predicted octanol–water partition coefficient (Wildman–Crippen LogP) is 3.15. The molecule has 2 aliphatic rings. The molecule has 2 aromatic carbocycles. The zero-order valence-corrected chi connectivity index (χ0v) is 13.7. The van der Waals surface area contributed by atoms with Crippen LogP contribution < -0.4 is 4.74 Å². The molecule has 4 rings (SSSR count). The Morgan fingerprint density at radius 2 is 1.71 bits per heavy atom. The molecular weight excluding hydrogens is 302 g/mol. The highest BCUT2D eigenvalue weighted by molar-refractivity contribution is 5.90. The van der Waals surface area contributed by atoms with E-state index in [4.69, 9.17) is 4.74 Å². The number of hydrogen-bond acceptors (Lipinski definition) is 3. The number of carbonyl (C=O) groups is 1. The lowest BCUT2D eigenvalue weighted by atomic mass is 9.87. The van der Waals surface area contributed by atoms with E-state index in [2.05, 4.69) is 0 Å². The maximum Gasteiger partial charge on any atom is 0.234 e. The molecule has 0 spiro atoms. The summed E-state index contributed by atoms with van der Waals surface area (Å²) in [6.07, 6.45) is 0.479. The Morgan fingerprint density at radius 1 is 1.12 bits per heavy atom. The summed E-state index contributed by atoms with van der Waals surface area (Å²) in [5.74, 6) is 1.43. The number of ether oxygens (including phenoxy) is 1. The average molecular weight is 323 g/mol. The van der Waals surface area contributed by atoms with Crippen molar-refractivity contribution in [2.45, 2.75) is 25.4 Å². The zero-order valence-electron chi connectivity index (χ0n) is 13.7. The molecule has 1 N–H and O–H groups in total. The molecule has 124 valence electrons. The van der Waals surface area contributed by atoms with Gasteiger partial charge >= 0.3 is 0 Å². The Balaban J connectivity index is 1.71. The second-order valence-corrected chi connectivity index (χ2v) is 6.68. The van der Waals surface area contributed by atoms with Crippen molar-refractivity contribution >= 4 is 5.91 Å². The molecule has 0 bridgehead atoms. The minimum atomic E-state index is -0.378. The van der Waals surface area contributed by atoms with Crippen LogP contribution in [0.25, 0.3) is 0 Å². The SMILES string of the molecule is CC(O)C1CCN(C(=O)C2c3ccccc3Oc3ccccc32)C1. The summed E-state index contributed by atoms with van der Waals surface area (Å²) >= 11 is 0. The zero-order chi connectivity index (χ0) is 16.7. The van der Waals surface area contributed by atoms with Gasteiger partial charge in [0.2, 0.25) is 5.91 Å². The number of benzene rings is 2. The molecule has 2 heterocycles. The molecule has 2 aromatic rings. The van der Waals surface area contributed by atoms with E-state index in [9.17, 15) is 9.90 Å². The van der Waals surface area contributed by atoms with E-state index >= 15 is 0 Å². The van der Waals surface area contributed by atoms with Crippen molar-refractivity contribution in [1.82, 2.24) is 4.90 Å². The second kappa shape index (κ2) is 5.95. The van der Waals surface area contributed by atoms with Crippen molar-refractivity contribution in [1.29, 1.82) is 0 Å². The predicted molar refractivity (Wildman–Crippen MR) is 91.2 cm³/mol. The van der Waals surface area contributed by atoms with Gasteiger partial charge in [0.25, 0.3) is 0 Å². The van der Waals surface area contributed by atoms with E-state index in [-0.39, 0.29) is 23.8 Å². The van der Waals surface area contributed by atoms with Gasteiger partial charge in [-0.05, 0) is 25.5 Å². The first-order valence-electron chi connectivity index (χ1n) is 8.47. The van der Waals surface area contributed by atoms with Crippen LogP contribution in [-0.2, 0) is 4.79 Å². The van der Waals surface area contributed by atoms with Crippen molar-refractivity contribution in [2.24, 2.45) is 5.92 Å². The Kier molecular flexibility index (Phi) is 3.77. The molecular formula is C20H21NO3. The van der Waals surface area contributed by atoms with Crippen molar-refractivity contribution in [3.8, 4) is 11.5 Å². The Labute approximate surface area is 141 Å². The van der Waals surface area contributed by atoms with E-state index in [1.54, 1.807) is 6.92 Å². The Hall–Kier alpha value is -2.33. The van der Waals surface area contributed by atoms with Crippen molar-refractivity contribution in [3.05, 3.63) is 59.7 Å². The molecule has 2 atom stereocenters. The lowest BCUT2D eigenvalue weighted by Gasteiger charge is -2.30. The van der Waals surface area contributed by atoms with Crippen LogP contribution in [0.4, 0.5) is 0 Å². The fourth-order valence-corrected chi connectivity index (χ4v) is 3.74. The van der Waals surface area contributed by atoms with Crippen LogP contribution in [0.2, 0.25) is 0 Å². The molecule has 0 saturated carbocycles. The highest BCUT2D eigenvalue weighted by Gasteiger charge is 2.38. The van der Waals surface area contributed by atoms with Crippen molar-refractivity contribution in [2.75, 3.05) is 13.1 Å². The summed E-state index contributed by atoms with van der Waals surface area (Å²) < 4.78 is 5.97. The first kappa shape index (κ1) is 15.2. The van der Waals surface area contributed by atoms with E-state index in [0.717, 1.165) is 29.0 Å². The van der Waals surface area contributed by atoms with Gasteiger partial charge in [0.1, 0.15) is 11.5 Å². The summed E-state index contributed by atoms with van der Waals surface area (Å²) in [6, 6.07) is 15.5. The van der Waals surface area contributed by atoms with Crippen LogP contribution >= 0.6 is 0 Å². The van der Waals surface area contributed by atoms with Crippen LogP contribution in [0.3, 0.4) is 0 Å². The number of nitrogens with zero attached hydrogens (tertiary/aromatic N) is 1. The maximum absolute atomic E-state index is 13.3. The normalized spacial score (nSPS) is 20.9. The number of rotatable bonds is 2. The summed E-state index contributed by atoms with van der Waals surface area (Å²) in [4.78, 5) is 15.2. The minimum absolute atomic E-state index is 0.0985. The van der Waals surface area contributed by atoms with Gasteiger partial charge in [-0.2, -0.15) is 0 Å². The molecule has 0 radical (unpaired) electrons. The number of amides is 1. The number of carbonyl (C=O) groups excluding carboxylic acids is 1. The number of para-hydroxylation sites is 2. The molecule has 1 amide bonds. The van der Waals surface area contributed by atoms with E-state index < -0.39 is 0 Å². The monoisotopic (exact) mass is 323 g/mol. The third-order valence-corrected chi connectivity index (χ3v) is 5.15. The van der Waals surface area contributed by atoms with E-state index in [1.165, 1.54) is 0 Å². The topological polar surface area (TPSA) is 49.8 Å². The fourth-order valence-electron chi connectivity index (χ4n) is 3.74. The summed E-state index contributed by atoms with van der Waals surface area (Å²) in [7, 11) is 0. The van der Waals surface area contributed by atoms with Crippen LogP contribution in [0, 0.1) is 5.92 Å². The number of fused-ring (bicyclic) bond motifs is 2. The molecule has 4 heteroatoms. The van der Waals surface area contributed by atoms with E-state index in [0.29, 0.717) is 13.1 Å². The smallest absolute Gasteiger partial charge is 0.234 e. The van der Waals surface area contributed by atoms with Crippen LogP contribution in [0.15, 0.2) is 48.5 Å². The average Bonchev–Trinajstić information content (AvgIpc) is 3.09. The highest BCUT2D eigenvalue weighted by Crippen LogP contribution is 2.45. The van der Waals surface area contributed by atoms with Gasteiger partial charge in [-0.3, -0.25) is 4.79 Å². The molecule has 1 saturated heterocycles. The molecule has 2 unspecified atom stereocenters. The lowest BCUT2D eigenvalue weighted by Crippen LogP contribution is -2.35. The first-order chi connectivity index (χ1) is 11.6. The van der Waals surface area contributed by atoms with Gasteiger partial charge in [-0.25, -0.2) is 0 Å². The molecule has 1 fully saturated rings. The number of aliphatic hydroxyl groups excluding tert-OH is 1. The van der Waals surface area contributed by atoms with Crippen LogP contribution in [0.5, 0.6) is 11.5 Å². The number of aliphatic hydroxyl groups is 1. The summed E-state index contributed by atoms with van der Waals surface area (Å²) in [6.45, 7) is 3.13. The van der Waals surface area contributed by atoms with Gasteiger partial charge < -0.3 is 14.7 Å². The Morgan fingerprint density at radius 3 is 2.25 bits per heavy atom. The summed E-state index contributed by atoms with van der Waals surface area (Å²) in [5.41, 5.74) is 1.84. The molecule has 0 aromatic heterocycles. The van der Waals surface area contributed by atoms with Crippen LogP contribution in [-0.4, -0.2) is 35.1 Å². The molecule has 24 heavy (non-hydrogen) atoms. The summed E-state index contributed by atoms with van der Waals surface area (Å²) in [5, 5.41) is 9.82. The van der Waals surface area contributed by atoms with Gasteiger partial charge in [-0.1, -0.05) is 36.4 Å². The largest absolute Gasteiger partial charge is 0.457 e. The number of hydrogen-bond donors (Lipinski definition) is 1. The molecule has 4 nitrogen and oxygen atoms in total. The third-order valence-electron chi connectivity index (χ3n) is 5.15. The van der Waals surface area contributed by atoms with Crippen molar-refractivity contribution < 1.29 is 14.6 Å². The maximum atomic E-state index is 13.3. The first-order valence-corrected chi connectivity index (χ1v) is 8.47. The third kappa shape index (κ3) is 2.47. The van der Waals surface area contributed by atoms with Crippen LogP contribution in [0.1, 0.15) is 30.4 Å². The molecule has 2 aliphatic heterocycles. The van der Waals surface area contributed by atoms with Gasteiger partial charge in [-0.15, -0.1) is 0 Å². The highest BCUT2D eigenvalue weighted by atomic mass is 16.5. The van der Waals surface area contributed by atoms with Gasteiger partial charge in [0.05, 0.1) is 12.0 Å². The molecule has 0 aliphatic carbocycles. The second-order valence-electron chi connectivity index (χ2n) is 6.68. The van der Waals surface area contributed by atoms with Crippen molar-refractivity contribution in [3.63, 3.8) is 0 Å². The fraction of sp³-hybridized carbons (Fsp3) is 0.350.